The smallest absolute Gasteiger partial charge is 0.273 e. The average Bonchev–Trinajstić information content (AvgIpc) is 2.92. The van der Waals surface area contributed by atoms with Gasteiger partial charge in [-0.05, 0) is 37.7 Å². The van der Waals surface area contributed by atoms with Gasteiger partial charge in [0.25, 0.3) is 11.6 Å². The number of nitro benzene ring substituents is 1. The Morgan fingerprint density at radius 1 is 1.43 bits per heavy atom. The van der Waals surface area contributed by atoms with Gasteiger partial charge in [-0.1, -0.05) is 28.4 Å². The highest BCUT2D eigenvalue weighted by atomic mass is 79.9. The first-order valence-electron chi connectivity index (χ1n) is 7.12. The van der Waals surface area contributed by atoms with Gasteiger partial charge in [0.15, 0.2) is 0 Å². The van der Waals surface area contributed by atoms with Gasteiger partial charge in [0.05, 0.1) is 4.92 Å². The van der Waals surface area contributed by atoms with Gasteiger partial charge in [-0.2, -0.15) is 0 Å². The van der Waals surface area contributed by atoms with Crippen LogP contribution in [0.4, 0.5) is 5.69 Å². The van der Waals surface area contributed by atoms with Crippen LogP contribution in [0.3, 0.4) is 0 Å². The van der Waals surface area contributed by atoms with Crippen molar-refractivity contribution >= 4 is 27.5 Å². The standard InChI is InChI=1S/C15H19BrN2O3/c1-10-13(6-3-7-14(10)18(20)21)15(19)17-9-12-5-2-4-11(12)8-16/h3,6-7,11-12H,2,4-5,8-9H2,1H3,(H,17,19). The van der Waals surface area contributed by atoms with E-state index in [0.717, 1.165) is 11.8 Å². The number of hydrogen-bond acceptors (Lipinski definition) is 3. The normalized spacial score (nSPS) is 21.2. The number of nitrogens with one attached hydrogen (secondary N) is 1. The van der Waals surface area contributed by atoms with Crippen molar-refractivity contribution in [1.82, 2.24) is 5.32 Å². The zero-order valence-electron chi connectivity index (χ0n) is 12.0. The summed E-state index contributed by atoms with van der Waals surface area (Å²) < 4.78 is 0. The molecule has 1 aliphatic carbocycles. The molecular formula is C15H19BrN2O3. The van der Waals surface area contributed by atoms with Gasteiger partial charge >= 0.3 is 0 Å². The Bertz CT molecular complexity index is 548. The van der Waals surface area contributed by atoms with Gasteiger partial charge in [-0.3, -0.25) is 14.9 Å². The fourth-order valence-corrected chi connectivity index (χ4v) is 3.82. The van der Waals surface area contributed by atoms with Crippen LogP contribution in [0.2, 0.25) is 0 Å². The van der Waals surface area contributed by atoms with Crippen molar-refractivity contribution in [3.63, 3.8) is 0 Å². The number of benzene rings is 1. The van der Waals surface area contributed by atoms with Crippen LogP contribution in [0.5, 0.6) is 0 Å². The molecule has 0 aromatic heterocycles. The van der Waals surface area contributed by atoms with E-state index in [4.69, 9.17) is 0 Å². The van der Waals surface area contributed by atoms with Gasteiger partial charge in [0, 0.05) is 29.1 Å². The van der Waals surface area contributed by atoms with Crippen molar-refractivity contribution < 1.29 is 9.72 Å². The summed E-state index contributed by atoms with van der Waals surface area (Å²) in [5.74, 6) is 0.875. The van der Waals surface area contributed by atoms with Crippen LogP contribution in [-0.4, -0.2) is 22.7 Å². The van der Waals surface area contributed by atoms with E-state index in [2.05, 4.69) is 21.2 Å². The fourth-order valence-electron chi connectivity index (χ4n) is 2.97. The summed E-state index contributed by atoms with van der Waals surface area (Å²) in [6.07, 6.45) is 3.53. The van der Waals surface area contributed by atoms with Crippen LogP contribution < -0.4 is 5.32 Å². The molecule has 1 aliphatic rings. The number of nitro groups is 1. The second-order valence-electron chi connectivity index (χ2n) is 5.52. The van der Waals surface area contributed by atoms with E-state index in [9.17, 15) is 14.9 Å². The Balaban J connectivity index is 2.04. The van der Waals surface area contributed by atoms with Crippen molar-refractivity contribution in [3.05, 3.63) is 39.4 Å². The second-order valence-corrected chi connectivity index (χ2v) is 6.17. The first-order valence-corrected chi connectivity index (χ1v) is 8.25. The van der Waals surface area contributed by atoms with Gasteiger partial charge in [-0.15, -0.1) is 0 Å². The highest BCUT2D eigenvalue weighted by Crippen LogP contribution is 2.32. The molecule has 0 spiro atoms. The van der Waals surface area contributed by atoms with Gasteiger partial charge in [-0.25, -0.2) is 0 Å². The predicted octanol–water partition coefficient (Wildman–Crippen LogP) is 3.44. The Kier molecular flexibility index (Phi) is 5.33. The van der Waals surface area contributed by atoms with E-state index >= 15 is 0 Å². The third-order valence-electron chi connectivity index (χ3n) is 4.29. The number of carbonyl (C=O) groups excluding carboxylic acids is 1. The van der Waals surface area contributed by atoms with E-state index in [0.29, 0.717) is 29.5 Å². The Hall–Kier alpha value is -1.43. The zero-order valence-corrected chi connectivity index (χ0v) is 13.6. The lowest BCUT2D eigenvalue weighted by atomic mass is 9.98. The highest BCUT2D eigenvalue weighted by molar-refractivity contribution is 9.09. The van der Waals surface area contributed by atoms with Crippen molar-refractivity contribution in [1.29, 1.82) is 0 Å². The summed E-state index contributed by atoms with van der Waals surface area (Å²) >= 11 is 3.52. The van der Waals surface area contributed by atoms with Crippen molar-refractivity contribution in [2.45, 2.75) is 26.2 Å². The average molecular weight is 355 g/mol. The minimum absolute atomic E-state index is 0.0122. The van der Waals surface area contributed by atoms with Gasteiger partial charge in [0.1, 0.15) is 0 Å². The van der Waals surface area contributed by atoms with Gasteiger partial charge in [0.2, 0.25) is 0 Å². The first-order chi connectivity index (χ1) is 10.0. The summed E-state index contributed by atoms with van der Waals surface area (Å²) in [6.45, 7) is 2.25. The molecule has 1 fully saturated rings. The largest absolute Gasteiger partial charge is 0.352 e. The van der Waals surface area contributed by atoms with E-state index < -0.39 is 4.92 Å². The summed E-state index contributed by atoms with van der Waals surface area (Å²) in [6, 6.07) is 4.61. The maximum Gasteiger partial charge on any atom is 0.273 e. The van der Waals surface area contributed by atoms with Crippen LogP contribution >= 0.6 is 15.9 Å². The van der Waals surface area contributed by atoms with E-state index in [1.54, 1.807) is 19.1 Å². The maximum absolute atomic E-state index is 12.2. The molecule has 1 aromatic rings. The number of amides is 1. The van der Waals surface area contributed by atoms with Crippen molar-refractivity contribution in [2.24, 2.45) is 11.8 Å². The Morgan fingerprint density at radius 3 is 2.81 bits per heavy atom. The molecule has 1 saturated carbocycles. The zero-order chi connectivity index (χ0) is 15.4. The number of halogens is 1. The van der Waals surface area contributed by atoms with Gasteiger partial charge < -0.3 is 5.32 Å². The molecule has 1 aromatic carbocycles. The highest BCUT2D eigenvalue weighted by Gasteiger charge is 2.27. The van der Waals surface area contributed by atoms with Crippen LogP contribution in [0.1, 0.15) is 35.2 Å². The lowest BCUT2D eigenvalue weighted by Crippen LogP contribution is -2.31. The number of nitrogens with zero attached hydrogens (tertiary/aromatic N) is 1. The molecule has 0 bridgehead atoms. The number of carbonyl (C=O) groups is 1. The molecule has 2 unspecified atom stereocenters. The number of alkyl halides is 1. The third-order valence-corrected chi connectivity index (χ3v) is 5.12. The Labute approximate surface area is 132 Å². The molecule has 0 saturated heterocycles. The number of rotatable bonds is 5. The molecule has 21 heavy (non-hydrogen) atoms. The molecule has 0 radical (unpaired) electrons. The SMILES string of the molecule is Cc1c(C(=O)NCC2CCCC2CBr)cccc1[N+](=O)[O-]. The van der Waals surface area contributed by atoms with Crippen molar-refractivity contribution in [3.8, 4) is 0 Å². The molecule has 2 rings (SSSR count). The molecule has 5 nitrogen and oxygen atoms in total. The molecule has 0 heterocycles. The maximum atomic E-state index is 12.2. The first kappa shape index (κ1) is 15.9. The molecule has 1 N–H and O–H groups in total. The number of hydrogen-bond donors (Lipinski definition) is 1. The lowest BCUT2D eigenvalue weighted by molar-refractivity contribution is -0.385. The molecular weight excluding hydrogens is 336 g/mol. The summed E-state index contributed by atoms with van der Waals surface area (Å²) in [5, 5.41) is 14.8. The summed E-state index contributed by atoms with van der Waals surface area (Å²) in [4.78, 5) is 22.7. The van der Waals surface area contributed by atoms with Crippen LogP contribution in [-0.2, 0) is 0 Å². The lowest BCUT2D eigenvalue weighted by Gasteiger charge is -2.18. The van der Waals surface area contributed by atoms with Crippen molar-refractivity contribution in [2.75, 3.05) is 11.9 Å². The quantitative estimate of drug-likeness (QED) is 0.500. The molecule has 1 amide bonds. The fraction of sp³-hybridized carbons (Fsp3) is 0.533. The predicted molar refractivity (Wildman–Crippen MR) is 84.8 cm³/mol. The monoisotopic (exact) mass is 354 g/mol. The minimum Gasteiger partial charge on any atom is -0.352 e. The molecule has 0 aliphatic heterocycles. The third kappa shape index (κ3) is 3.61. The minimum atomic E-state index is -0.454. The molecule has 114 valence electrons. The summed E-state index contributed by atoms with van der Waals surface area (Å²) in [5.41, 5.74) is 0.794. The Morgan fingerprint density at radius 2 is 2.14 bits per heavy atom. The molecule has 2 atom stereocenters. The van der Waals surface area contributed by atoms with Crippen LogP contribution in [0.25, 0.3) is 0 Å². The van der Waals surface area contributed by atoms with Crippen LogP contribution in [0, 0.1) is 28.9 Å². The second kappa shape index (κ2) is 7.02. The summed E-state index contributed by atoms with van der Waals surface area (Å²) in [7, 11) is 0. The van der Waals surface area contributed by atoms with E-state index in [1.165, 1.54) is 18.9 Å². The topological polar surface area (TPSA) is 72.2 Å². The molecule has 6 heteroatoms. The van der Waals surface area contributed by atoms with E-state index in [1.807, 2.05) is 0 Å². The van der Waals surface area contributed by atoms with Crippen LogP contribution in [0.15, 0.2) is 18.2 Å². The van der Waals surface area contributed by atoms with E-state index in [-0.39, 0.29) is 11.6 Å².